The van der Waals surface area contributed by atoms with Gasteiger partial charge in [-0.15, -0.1) is 0 Å². The molecule has 0 unspecified atom stereocenters. The maximum atomic E-state index is 11.8. The van der Waals surface area contributed by atoms with Gasteiger partial charge in [-0.05, 0) is 46.2 Å². The van der Waals surface area contributed by atoms with Crippen LogP contribution in [0.3, 0.4) is 0 Å². The summed E-state index contributed by atoms with van der Waals surface area (Å²) in [5.41, 5.74) is -1.19. The molecule has 55 heavy (non-hydrogen) atoms. The van der Waals surface area contributed by atoms with Crippen LogP contribution in [0.4, 0.5) is 0 Å². The van der Waals surface area contributed by atoms with E-state index in [1.807, 2.05) is 6.07 Å². The van der Waals surface area contributed by atoms with Gasteiger partial charge in [0, 0.05) is 54.6 Å². The standard InChI is InChI=1S/C42H26O13/c43-31-24(18-11-12-20-19-7-3-4-8-21(19)55-22(20)14-18)28(34(46)40(52)37(31)49)25-29-26(32(44)38(50)41(53)35(29)47)23(17-10-9-15-5-1-2-6-16(15)13-17)27-30(25)36(48)42(54)39(51)33(27)45/h1-14,43-54H. The van der Waals surface area contributed by atoms with Crippen molar-refractivity contribution in [2.45, 2.75) is 0 Å². The Kier molecular flexibility index (Phi) is 6.69. The molecule has 0 amide bonds. The quantitative estimate of drug-likeness (QED) is 0.0462. The first kappa shape index (κ1) is 32.8. The molecule has 0 bridgehead atoms. The van der Waals surface area contributed by atoms with E-state index in [1.54, 1.807) is 60.7 Å². The smallest absolute Gasteiger partial charge is 0.204 e. The molecule has 8 aromatic carbocycles. The number of para-hydroxylation sites is 1. The Bertz CT molecular complexity index is 3100. The maximum Gasteiger partial charge on any atom is 0.204 e. The van der Waals surface area contributed by atoms with Crippen molar-refractivity contribution in [2.75, 3.05) is 0 Å². The zero-order valence-electron chi connectivity index (χ0n) is 27.9. The van der Waals surface area contributed by atoms with Gasteiger partial charge in [0.25, 0.3) is 0 Å². The summed E-state index contributed by atoms with van der Waals surface area (Å²) in [4.78, 5) is 0. The fourth-order valence-electron chi connectivity index (χ4n) is 7.61. The average molecular weight is 739 g/mol. The molecule has 0 radical (unpaired) electrons. The molecule has 9 rings (SSSR count). The van der Waals surface area contributed by atoms with Crippen LogP contribution in [0.15, 0.2) is 89.3 Å². The molecule has 0 fully saturated rings. The normalized spacial score (nSPS) is 11.8. The van der Waals surface area contributed by atoms with Crippen molar-refractivity contribution < 1.29 is 65.7 Å². The maximum absolute atomic E-state index is 11.8. The summed E-state index contributed by atoms with van der Waals surface area (Å²) in [6.07, 6.45) is 0. The SMILES string of the molecule is Oc1c(O)c(O)c(-c2c3c(O)c(O)c(O)c(O)c3c(-c3ccc4ccccc4c3)c3c(O)c(O)c(O)c(O)c23)c(-c2ccc3c(c2)oc2ccccc23)c1O. The summed E-state index contributed by atoms with van der Waals surface area (Å²) < 4.78 is 6.02. The highest BCUT2D eigenvalue weighted by molar-refractivity contribution is 6.30. The van der Waals surface area contributed by atoms with Crippen LogP contribution in [0.1, 0.15) is 0 Å². The molecule has 0 aliphatic rings. The van der Waals surface area contributed by atoms with E-state index in [0.29, 0.717) is 16.4 Å². The van der Waals surface area contributed by atoms with E-state index in [2.05, 4.69) is 0 Å². The van der Waals surface area contributed by atoms with Crippen molar-refractivity contribution >= 4 is 54.3 Å². The van der Waals surface area contributed by atoms with Gasteiger partial charge < -0.3 is 65.7 Å². The third kappa shape index (κ3) is 4.28. The number of hydrogen-bond donors (Lipinski definition) is 12. The number of fused-ring (bicyclic) bond motifs is 6. The molecular weight excluding hydrogens is 712 g/mol. The van der Waals surface area contributed by atoms with Crippen molar-refractivity contribution in [1.29, 1.82) is 0 Å². The fraction of sp³-hybridized carbons (Fsp3) is 0. The Morgan fingerprint density at radius 2 is 0.727 bits per heavy atom. The second kappa shape index (κ2) is 11.2. The van der Waals surface area contributed by atoms with Crippen LogP contribution in [0, 0.1) is 0 Å². The van der Waals surface area contributed by atoms with Crippen LogP contribution < -0.4 is 0 Å². The number of hydrogen-bond acceptors (Lipinski definition) is 13. The van der Waals surface area contributed by atoms with Crippen molar-refractivity contribution in [3.05, 3.63) is 84.9 Å². The third-order valence-corrected chi connectivity index (χ3v) is 10.1. The second-order valence-corrected chi connectivity index (χ2v) is 13.1. The summed E-state index contributed by atoms with van der Waals surface area (Å²) in [6, 6.07) is 23.4. The molecule has 13 heteroatoms. The van der Waals surface area contributed by atoms with Gasteiger partial charge in [0.2, 0.25) is 34.5 Å². The highest BCUT2D eigenvalue weighted by Gasteiger charge is 2.36. The molecule has 0 atom stereocenters. The van der Waals surface area contributed by atoms with E-state index in [9.17, 15) is 61.3 Å². The molecule has 0 saturated heterocycles. The zero-order valence-corrected chi connectivity index (χ0v) is 27.9. The zero-order chi connectivity index (χ0) is 38.8. The first-order chi connectivity index (χ1) is 26.3. The monoisotopic (exact) mass is 738 g/mol. The summed E-state index contributed by atoms with van der Waals surface area (Å²) in [6.45, 7) is 0. The first-order valence-electron chi connectivity index (χ1n) is 16.5. The summed E-state index contributed by atoms with van der Waals surface area (Å²) >= 11 is 0. The highest BCUT2D eigenvalue weighted by atomic mass is 16.4. The van der Waals surface area contributed by atoms with E-state index in [4.69, 9.17) is 4.42 Å². The lowest BCUT2D eigenvalue weighted by atomic mass is 9.81. The first-order valence-corrected chi connectivity index (χ1v) is 16.5. The van der Waals surface area contributed by atoms with Crippen LogP contribution >= 0.6 is 0 Å². The van der Waals surface area contributed by atoms with Gasteiger partial charge in [-0.2, -0.15) is 0 Å². The summed E-state index contributed by atoms with van der Waals surface area (Å²) in [5, 5.41) is 136. The molecule has 0 spiro atoms. The van der Waals surface area contributed by atoms with Gasteiger partial charge in [0.15, 0.2) is 34.5 Å². The molecular formula is C42H26O13. The van der Waals surface area contributed by atoms with Gasteiger partial charge in [-0.25, -0.2) is 0 Å². The second-order valence-electron chi connectivity index (χ2n) is 13.1. The van der Waals surface area contributed by atoms with E-state index in [-0.39, 0.29) is 22.3 Å². The van der Waals surface area contributed by atoms with Gasteiger partial charge in [0.1, 0.15) is 11.2 Å². The van der Waals surface area contributed by atoms with Gasteiger partial charge in [0.05, 0.1) is 0 Å². The highest BCUT2D eigenvalue weighted by Crippen LogP contribution is 2.65. The average Bonchev–Trinajstić information content (AvgIpc) is 3.57. The van der Waals surface area contributed by atoms with E-state index in [1.165, 1.54) is 18.2 Å². The Labute approximate surface area is 306 Å². The molecule has 9 aromatic rings. The number of aromatic hydroxyl groups is 12. The molecule has 0 aliphatic carbocycles. The molecule has 0 saturated carbocycles. The van der Waals surface area contributed by atoms with E-state index < -0.39 is 107 Å². The minimum Gasteiger partial charge on any atom is -0.504 e. The Balaban J connectivity index is 1.56. The minimum absolute atomic E-state index is 0.00276. The number of phenols is 12. The molecule has 1 heterocycles. The number of rotatable bonds is 3. The van der Waals surface area contributed by atoms with Crippen molar-refractivity contribution in [3.63, 3.8) is 0 Å². The Hall–Kier alpha value is -8.06. The van der Waals surface area contributed by atoms with Crippen LogP contribution in [0.5, 0.6) is 69.0 Å². The van der Waals surface area contributed by atoms with Crippen molar-refractivity contribution in [3.8, 4) is 102 Å². The predicted molar refractivity (Wildman–Crippen MR) is 203 cm³/mol. The lowest BCUT2D eigenvalue weighted by Crippen LogP contribution is -1.97. The molecule has 1 aromatic heterocycles. The van der Waals surface area contributed by atoms with E-state index in [0.717, 1.165) is 10.8 Å². The lowest BCUT2D eigenvalue weighted by Gasteiger charge is -2.25. The van der Waals surface area contributed by atoms with E-state index >= 15 is 0 Å². The van der Waals surface area contributed by atoms with Crippen LogP contribution in [0.2, 0.25) is 0 Å². The molecule has 272 valence electrons. The summed E-state index contributed by atoms with van der Waals surface area (Å²) in [5.74, 6) is -14.2. The Morgan fingerprint density at radius 1 is 0.291 bits per heavy atom. The number of furan rings is 1. The topological polar surface area (TPSA) is 256 Å². The van der Waals surface area contributed by atoms with Crippen molar-refractivity contribution in [1.82, 2.24) is 0 Å². The van der Waals surface area contributed by atoms with Crippen LogP contribution in [-0.4, -0.2) is 61.3 Å². The lowest BCUT2D eigenvalue weighted by molar-refractivity contribution is 0.347. The largest absolute Gasteiger partial charge is 0.504 e. The minimum atomic E-state index is -1.29. The molecule has 0 aliphatic heterocycles. The Morgan fingerprint density at radius 3 is 1.33 bits per heavy atom. The van der Waals surface area contributed by atoms with Gasteiger partial charge >= 0.3 is 0 Å². The number of phenolic OH excluding ortho intramolecular Hbond substituents is 12. The van der Waals surface area contributed by atoms with Crippen LogP contribution in [-0.2, 0) is 0 Å². The van der Waals surface area contributed by atoms with Gasteiger partial charge in [-0.1, -0.05) is 60.7 Å². The summed E-state index contributed by atoms with van der Waals surface area (Å²) in [7, 11) is 0. The van der Waals surface area contributed by atoms with Crippen LogP contribution in [0.25, 0.3) is 87.6 Å². The van der Waals surface area contributed by atoms with Gasteiger partial charge in [-0.3, -0.25) is 0 Å². The predicted octanol–water partition coefficient (Wildman–Crippen LogP) is 8.51. The van der Waals surface area contributed by atoms with Crippen molar-refractivity contribution in [2.24, 2.45) is 0 Å². The third-order valence-electron chi connectivity index (χ3n) is 10.1. The molecule has 13 nitrogen and oxygen atoms in total. The molecule has 12 N–H and O–H groups in total. The number of benzene rings is 8. The fourth-order valence-corrected chi connectivity index (χ4v) is 7.61.